The lowest BCUT2D eigenvalue weighted by Gasteiger charge is -2.34. The predicted molar refractivity (Wildman–Crippen MR) is 76.6 cm³/mol. The van der Waals surface area contributed by atoms with Crippen molar-refractivity contribution >= 4 is 5.91 Å². The predicted octanol–water partition coefficient (Wildman–Crippen LogP) is 2.76. The van der Waals surface area contributed by atoms with Gasteiger partial charge in [0.05, 0.1) is 12.7 Å². The molecular weight excluding hydrogens is 236 g/mol. The van der Waals surface area contributed by atoms with Crippen molar-refractivity contribution in [3.63, 3.8) is 0 Å². The van der Waals surface area contributed by atoms with Crippen molar-refractivity contribution in [3.05, 3.63) is 0 Å². The Bertz CT molecular complexity index is 344. The van der Waals surface area contributed by atoms with Crippen LogP contribution in [0.15, 0.2) is 0 Å². The maximum Gasteiger partial charge on any atom is 0.241 e. The molecule has 1 saturated heterocycles. The highest BCUT2D eigenvalue weighted by molar-refractivity contribution is 5.84. The average molecular weight is 264 g/mol. The molecule has 1 amide bonds. The molecule has 2 aliphatic carbocycles. The van der Waals surface area contributed by atoms with Crippen LogP contribution in [0.25, 0.3) is 0 Å². The molecule has 0 aromatic rings. The summed E-state index contributed by atoms with van der Waals surface area (Å²) in [6.07, 6.45) is 9.00. The molecule has 5 unspecified atom stereocenters. The molecule has 2 bridgehead atoms. The van der Waals surface area contributed by atoms with Gasteiger partial charge in [0.25, 0.3) is 0 Å². The van der Waals surface area contributed by atoms with E-state index in [9.17, 15) is 4.79 Å². The Morgan fingerprint density at radius 1 is 1.37 bits per heavy atom. The highest BCUT2D eigenvalue weighted by Crippen LogP contribution is 2.50. The third-order valence-electron chi connectivity index (χ3n) is 5.84. The maximum absolute atomic E-state index is 12.5. The van der Waals surface area contributed by atoms with E-state index in [2.05, 4.69) is 24.1 Å². The van der Waals surface area contributed by atoms with Gasteiger partial charge in [-0.25, -0.2) is 0 Å². The standard InChI is InChI=1S/C16H28N2O/c1-3-4-5-15-16(19)18(10-17-15)11(2)14-9-12-6-7-13(14)8-12/h11-15,17H,3-10H2,1-2H3. The van der Waals surface area contributed by atoms with Gasteiger partial charge in [0.2, 0.25) is 5.91 Å². The molecule has 1 N–H and O–H groups in total. The summed E-state index contributed by atoms with van der Waals surface area (Å²) < 4.78 is 0. The average Bonchev–Trinajstić information content (AvgIpc) is 3.11. The molecule has 5 atom stereocenters. The van der Waals surface area contributed by atoms with Gasteiger partial charge in [0.1, 0.15) is 0 Å². The molecule has 3 rings (SSSR count). The lowest BCUT2D eigenvalue weighted by atomic mass is 9.83. The van der Waals surface area contributed by atoms with Crippen LogP contribution in [-0.4, -0.2) is 29.6 Å². The fourth-order valence-corrected chi connectivity index (χ4v) is 4.67. The van der Waals surface area contributed by atoms with Crippen LogP contribution in [0.3, 0.4) is 0 Å². The number of hydrogen-bond acceptors (Lipinski definition) is 2. The van der Waals surface area contributed by atoms with Crippen LogP contribution in [0.4, 0.5) is 0 Å². The van der Waals surface area contributed by atoms with Crippen LogP contribution < -0.4 is 5.32 Å². The van der Waals surface area contributed by atoms with E-state index in [-0.39, 0.29) is 6.04 Å². The van der Waals surface area contributed by atoms with E-state index in [1.54, 1.807) is 0 Å². The number of amides is 1. The zero-order chi connectivity index (χ0) is 13.4. The van der Waals surface area contributed by atoms with Crippen molar-refractivity contribution in [1.82, 2.24) is 10.2 Å². The first-order valence-corrected chi connectivity index (χ1v) is 8.24. The van der Waals surface area contributed by atoms with Crippen molar-refractivity contribution in [2.45, 2.75) is 70.9 Å². The molecule has 0 aromatic heterocycles. The molecule has 0 radical (unpaired) electrons. The first-order valence-electron chi connectivity index (χ1n) is 8.24. The molecule has 1 heterocycles. The van der Waals surface area contributed by atoms with Gasteiger partial charge in [-0.2, -0.15) is 0 Å². The van der Waals surface area contributed by atoms with Gasteiger partial charge >= 0.3 is 0 Å². The zero-order valence-corrected chi connectivity index (χ0v) is 12.4. The summed E-state index contributed by atoms with van der Waals surface area (Å²) in [6, 6.07) is 0.544. The number of rotatable bonds is 5. The molecule has 3 heteroatoms. The maximum atomic E-state index is 12.5. The molecule has 2 saturated carbocycles. The number of hydrogen-bond donors (Lipinski definition) is 1. The number of nitrogens with zero attached hydrogens (tertiary/aromatic N) is 1. The topological polar surface area (TPSA) is 32.3 Å². The largest absolute Gasteiger partial charge is 0.326 e. The highest BCUT2D eigenvalue weighted by atomic mass is 16.2. The molecule has 3 aliphatic rings. The van der Waals surface area contributed by atoms with Crippen LogP contribution >= 0.6 is 0 Å². The number of unbranched alkanes of at least 4 members (excludes halogenated alkanes) is 1. The fraction of sp³-hybridized carbons (Fsp3) is 0.938. The summed E-state index contributed by atoms with van der Waals surface area (Å²) >= 11 is 0. The molecule has 1 aliphatic heterocycles. The quantitative estimate of drug-likeness (QED) is 0.828. The van der Waals surface area contributed by atoms with E-state index in [1.807, 2.05) is 0 Å². The summed E-state index contributed by atoms with van der Waals surface area (Å²) in [6.45, 7) is 5.25. The van der Waals surface area contributed by atoms with E-state index in [1.165, 1.54) is 32.1 Å². The van der Waals surface area contributed by atoms with Crippen LogP contribution in [0.5, 0.6) is 0 Å². The van der Waals surface area contributed by atoms with E-state index in [0.717, 1.165) is 37.3 Å². The van der Waals surface area contributed by atoms with Crippen LogP contribution in [0, 0.1) is 17.8 Å². The highest BCUT2D eigenvalue weighted by Gasteiger charge is 2.45. The number of fused-ring (bicyclic) bond motifs is 2. The van der Waals surface area contributed by atoms with Gasteiger partial charge in [0, 0.05) is 6.04 Å². The fourth-order valence-electron chi connectivity index (χ4n) is 4.67. The normalized spacial score (nSPS) is 39.3. The molecule has 0 aromatic carbocycles. The lowest BCUT2D eigenvalue weighted by molar-refractivity contribution is -0.132. The summed E-state index contributed by atoms with van der Waals surface area (Å²) in [7, 11) is 0. The first kappa shape index (κ1) is 13.4. The monoisotopic (exact) mass is 264 g/mol. The van der Waals surface area contributed by atoms with Crippen molar-refractivity contribution in [2.24, 2.45) is 17.8 Å². The van der Waals surface area contributed by atoms with E-state index >= 15 is 0 Å². The Morgan fingerprint density at radius 3 is 2.84 bits per heavy atom. The summed E-state index contributed by atoms with van der Waals surface area (Å²) in [4.78, 5) is 14.6. The van der Waals surface area contributed by atoms with Gasteiger partial charge in [-0.3, -0.25) is 10.1 Å². The summed E-state index contributed by atoms with van der Waals surface area (Å²) in [5, 5.41) is 3.42. The summed E-state index contributed by atoms with van der Waals surface area (Å²) in [5.74, 6) is 3.01. The summed E-state index contributed by atoms with van der Waals surface area (Å²) in [5.41, 5.74) is 0. The Labute approximate surface area is 117 Å². The van der Waals surface area contributed by atoms with Crippen molar-refractivity contribution in [2.75, 3.05) is 6.67 Å². The molecule has 3 fully saturated rings. The van der Waals surface area contributed by atoms with Gasteiger partial charge in [-0.15, -0.1) is 0 Å². The van der Waals surface area contributed by atoms with E-state index in [4.69, 9.17) is 0 Å². The van der Waals surface area contributed by atoms with Crippen LogP contribution in [0.2, 0.25) is 0 Å². The second kappa shape index (κ2) is 5.43. The smallest absolute Gasteiger partial charge is 0.241 e. The number of carbonyl (C=O) groups excluding carboxylic acids is 1. The van der Waals surface area contributed by atoms with Crippen LogP contribution in [-0.2, 0) is 4.79 Å². The number of nitrogens with one attached hydrogen (secondary N) is 1. The molecular formula is C16H28N2O. The van der Waals surface area contributed by atoms with E-state index < -0.39 is 0 Å². The minimum Gasteiger partial charge on any atom is -0.326 e. The molecule has 0 spiro atoms. The minimum absolute atomic E-state index is 0.0981. The third-order valence-corrected chi connectivity index (χ3v) is 5.84. The second-order valence-electron chi connectivity index (χ2n) is 6.94. The van der Waals surface area contributed by atoms with Gasteiger partial charge in [0.15, 0.2) is 0 Å². The third kappa shape index (κ3) is 2.42. The van der Waals surface area contributed by atoms with Crippen molar-refractivity contribution in [1.29, 1.82) is 0 Å². The SMILES string of the molecule is CCCCC1NCN(C(C)C2CC3CCC2C3)C1=O. The Balaban J connectivity index is 1.59. The van der Waals surface area contributed by atoms with Crippen molar-refractivity contribution < 1.29 is 4.79 Å². The number of carbonyl (C=O) groups is 1. The second-order valence-corrected chi connectivity index (χ2v) is 6.94. The Hall–Kier alpha value is -0.570. The van der Waals surface area contributed by atoms with Crippen molar-refractivity contribution in [3.8, 4) is 0 Å². The van der Waals surface area contributed by atoms with Crippen LogP contribution in [0.1, 0.15) is 58.8 Å². The molecule has 19 heavy (non-hydrogen) atoms. The Kier molecular flexibility index (Phi) is 3.84. The molecule has 3 nitrogen and oxygen atoms in total. The Morgan fingerprint density at radius 2 is 2.21 bits per heavy atom. The zero-order valence-electron chi connectivity index (χ0n) is 12.4. The first-order chi connectivity index (χ1) is 9.20. The lowest BCUT2D eigenvalue weighted by Crippen LogP contribution is -2.42. The van der Waals surface area contributed by atoms with E-state index in [0.29, 0.717) is 11.9 Å². The van der Waals surface area contributed by atoms with Gasteiger partial charge in [-0.05, 0) is 50.4 Å². The minimum atomic E-state index is 0.0981. The van der Waals surface area contributed by atoms with Gasteiger partial charge in [-0.1, -0.05) is 26.2 Å². The molecule has 108 valence electrons. The van der Waals surface area contributed by atoms with Gasteiger partial charge < -0.3 is 4.90 Å².